The van der Waals surface area contributed by atoms with Crippen LogP contribution < -0.4 is 5.73 Å². The maximum absolute atomic E-state index is 13.2. The van der Waals surface area contributed by atoms with Crippen molar-refractivity contribution in [2.75, 3.05) is 6.54 Å². The molecule has 0 unspecified atom stereocenters. The Labute approximate surface area is 119 Å². The van der Waals surface area contributed by atoms with Crippen LogP contribution in [-0.4, -0.2) is 11.7 Å². The van der Waals surface area contributed by atoms with Crippen LogP contribution in [0, 0.1) is 5.82 Å². The van der Waals surface area contributed by atoms with Gasteiger partial charge in [-0.05, 0) is 34.4 Å². The van der Waals surface area contributed by atoms with E-state index in [0.717, 1.165) is 16.7 Å². The zero-order valence-corrected chi connectivity index (χ0v) is 11.9. The Kier molecular flexibility index (Phi) is 4.21. The van der Waals surface area contributed by atoms with Crippen LogP contribution in [0.3, 0.4) is 0 Å². The molecule has 0 aliphatic carbocycles. The van der Waals surface area contributed by atoms with Crippen molar-refractivity contribution >= 4 is 0 Å². The molecular weight excluding hydrogens is 253 g/mol. The molecule has 0 atom stereocenters. The average molecular weight is 273 g/mol. The number of aliphatic hydroxyl groups excluding tert-OH is 1. The fraction of sp³-hybridized carbons (Fsp3) is 0.294. The highest BCUT2D eigenvalue weighted by Crippen LogP contribution is 2.29. The Hall–Kier alpha value is -1.71. The van der Waals surface area contributed by atoms with Crippen LogP contribution >= 0.6 is 0 Å². The van der Waals surface area contributed by atoms with Crippen LogP contribution in [0.4, 0.5) is 4.39 Å². The first-order valence-corrected chi connectivity index (χ1v) is 6.68. The van der Waals surface area contributed by atoms with Crippen molar-refractivity contribution < 1.29 is 9.50 Å². The Morgan fingerprint density at radius 1 is 1.15 bits per heavy atom. The van der Waals surface area contributed by atoms with Crippen molar-refractivity contribution in [2.45, 2.75) is 25.9 Å². The lowest BCUT2D eigenvalue weighted by Gasteiger charge is -2.24. The van der Waals surface area contributed by atoms with E-state index in [-0.39, 0.29) is 17.8 Å². The first-order chi connectivity index (χ1) is 9.47. The number of nitrogens with two attached hydrogens (primary N) is 1. The van der Waals surface area contributed by atoms with E-state index in [1.165, 1.54) is 12.1 Å². The van der Waals surface area contributed by atoms with Crippen molar-refractivity contribution in [1.82, 2.24) is 0 Å². The molecule has 0 heterocycles. The lowest BCUT2D eigenvalue weighted by Crippen LogP contribution is -2.27. The molecule has 0 saturated carbocycles. The molecule has 0 fully saturated rings. The van der Waals surface area contributed by atoms with Gasteiger partial charge in [-0.1, -0.05) is 44.2 Å². The normalized spacial score (nSPS) is 11.7. The molecule has 106 valence electrons. The van der Waals surface area contributed by atoms with Gasteiger partial charge in [0.05, 0.1) is 6.61 Å². The summed E-state index contributed by atoms with van der Waals surface area (Å²) >= 11 is 0. The highest BCUT2D eigenvalue weighted by molar-refractivity contribution is 5.68. The Balaban J connectivity index is 2.52. The van der Waals surface area contributed by atoms with E-state index in [9.17, 15) is 9.50 Å². The highest BCUT2D eigenvalue weighted by Gasteiger charge is 2.19. The molecule has 2 rings (SSSR count). The van der Waals surface area contributed by atoms with Gasteiger partial charge in [0.1, 0.15) is 5.82 Å². The van der Waals surface area contributed by atoms with E-state index in [1.54, 1.807) is 6.07 Å². The lowest BCUT2D eigenvalue weighted by molar-refractivity contribution is 0.282. The van der Waals surface area contributed by atoms with E-state index < -0.39 is 0 Å². The molecule has 0 spiro atoms. The number of benzene rings is 2. The highest BCUT2D eigenvalue weighted by atomic mass is 19.1. The summed E-state index contributed by atoms with van der Waals surface area (Å²) in [6.07, 6.45) is 0. The number of rotatable bonds is 4. The predicted octanol–water partition coefficient (Wildman–Crippen LogP) is 3.22. The minimum absolute atomic E-state index is 0.116. The van der Waals surface area contributed by atoms with Crippen LogP contribution in [0.5, 0.6) is 0 Å². The molecule has 2 aromatic carbocycles. The molecule has 0 aliphatic rings. The van der Waals surface area contributed by atoms with Gasteiger partial charge in [-0.2, -0.15) is 0 Å². The second kappa shape index (κ2) is 5.73. The summed E-state index contributed by atoms with van der Waals surface area (Å²) in [6, 6.07) is 12.5. The summed E-state index contributed by atoms with van der Waals surface area (Å²) in [6.45, 7) is 4.54. The maximum atomic E-state index is 13.2. The molecule has 0 aromatic heterocycles. The molecule has 0 bridgehead atoms. The van der Waals surface area contributed by atoms with E-state index >= 15 is 0 Å². The van der Waals surface area contributed by atoms with Gasteiger partial charge >= 0.3 is 0 Å². The molecule has 0 saturated heterocycles. The summed E-state index contributed by atoms with van der Waals surface area (Å²) in [5.41, 5.74) is 9.23. The summed E-state index contributed by atoms with van der Waals surface area (Å²) in [5, 5.41) is 9.39. The zero-order valence-electron chi connectivity index (χ0n) is 11.9. The van der Waals surface area contributed by atoms with E-state index in [0.29, 0.717) is 12.1 Å². The van der Waals surface area contributed by atoms with E-state index in [1.807, 2.05) is 18.2 Å². The van der Waals surface area contributed by atoms with Gasteiger partial charge in [0.25, 0.3) is 0 Å². The van der Waals surface area contributed by atoms with Crippen LogP contribution in [0.25, 0.3) is 11.1 Å². The number of hydrogen-bond donors (Lipinski definition) is 2. The van der Waals surface area contributed by atoms with Crippen LogP contribution in [0.2, 0.25) is 0 Å². The lowest BCUT2D eigenvalue weighted by atomic mass is 9.83. The van der Waals surface area contributed by atoms with Gasteiger partial charge < -0.3 is 10.8 Å². The molecule has 0 aliphatic heterocycles. The van der Waals surface area contributed by atoms with Gasteiger partial charge in [0.15, 0.2) is 0 Å². The molecule has 0 radical (unpaired) electrons. The van der Waals surface area contributed by atoms with Gasteiger partial charge in [0.2, 0.25) is 0 Å². The molecular formula is C17H20FNO. The summed E-state index contributed by atoms with van der Waals surface area (Å²) < 4.78 is 13.2. The quantitative estimate of drug-likeness (QED) is 0.898. The van der Waals surface area contributed by atoms with Gasteiger partial charge in [-0.15, -0.1) is 0 Å². The van der Waals surface area contributed by atoms with E-state index in [4.69, 9.17) is 5.73 Å². The Morgan fingerprint density at radius 2 is 1.90 bits per heavy atom. The third-order valence-electron chi connectivity index (χ3n) is 3.70. The third kappa shape index (κ3) is 2.89. The predicted molar refractivity (Wildman–Crippen MR) is 79.8 cm³/mol. The van der Waals surface area contributed by atoms with Crippen LogP contribution in [0.1, 0.15) is 25.0 Å². The molecule has 0 amide bonds. The summed E-state index contributed by atoms with van der Waals surface area (Å²) in [5.74, 6) is -0.337. The summed E-state index contributed by atoms with van der Waals surface area (Å²) in [7, 11) is 0. The van der Waals surface area contributed by atoms with Gasteiger partial charge in [0, 0.05) is 12.0 Å². The SMILES string of the molecule is CC(C)(CN)c1cccc(-c2ccc(F)cc2CO)c1. The van der Waals surface area contributed by atoms with Crippen molar-refractivity contribution in [2.24, 2.45) is 5.73 Å². The fourth-order valence-corrected chi connectivity index (χ4v) is 2.20. The minimum Gasteiger partial charge on any atom is -0.392 e. The Morgan fingerprint density at radius 3 is 2.55 bits per heavy atom. The maximum Gasteiger partial charge on any atom is 0.123 e. The standard InChI is InChI=1S/C17H20FNO/c1-17(2,11-19)14-5-3-4-12(8-14)16-7-6-15(18)9-13(16)10-20/h3-9,20H,10-11,19H2,1-2H3. The second-order valence-electron chi connectivity index (χ2n) is 5.63. The van der Waals surface area contributed by atoms with Crippen molar-refractivity contribution in [1.29, 1.82) is 0 Å². The van der Waals surface area contributed by atoms with Crippen molar-refractivity contribution in [3.8, 4) is 11.1 Å². The number of aliphatic hydroxyl groups is 1. The first kappa shape index (κ1) is 14.7. The zero-order chi connectivity index (χ0) is 14.8. The minimum atomic E-state index is -0.337. The largest absolute Gasteiger partial charge is 0.392 e. The molecule has 3 heteroatoms. The average Bonchev–Trinajstić information content (AvgIpc) is 2.47. The van der Waals surface area contributed by atoms with Gasteiger partial charge in [-0.25, -0.2) is 4.39 Å². The topological polar surface area (TPSA) is 46.2 Å². The summed E-state index contributed by atoms with van der Waals surface area (Å²) in [4.78, 5) is 0. The molecule has 3 N–H and O–H groups in total. The fourth-order valence-electron chi connectivity index (χ4n) is 2.20. The van der Waals surface area contributed by atoms with Crippen LogP contribution in [0.15, 0.2) is 42.5 Å². The third-order valence-corrected chi connectivity index (χ3v) is 3.70. The molecule has 20 heavy (non-hydrogen) atoms. The van der Waals surface area contributed by atoms with Crippen molar-refractivity contribution in [3.63, 3.8) is 0 Å². The number of hydrogen-bond acceptors (Lipinski definition) is 2. The second-order valence-corrected chi connectivity index (χ2v) is 5.63. The van der Waals surface area contributed by atoms with Crippen LogP contribution in [-0.2, 0) is 12.0 Å². The van der Waals surface area contributed by atoms with Gasteiger partial charge in [-0.3, -0.25) is 0 Å². The number of halogens is 1. The Bertz CT molecular complexity index is 608. The van der Waals surface area contributed by atoms with E-state index in [2.05, 4.69) is 19.9 Å². The van der Waals surface area contributed by atoms with Crippen molar-refractivity contribution in [3.05, 3.63) is 59.4 Å². The monoisotopic (exact) mass is 273 g/mol. The smallest absolute Gasteiger partial charge is 0.123 e. The molecule has 2 aromatic rings. The first-order valence-electron chi connectivity index (χ1n) is 6.68. The molecule has 2 nitrogen and oxygen atoms in total.